The quantitative estimate of drug-likeness (QED) is 0.864. The first-order chi connectivity index (χ1) is 9.91. The fourth-order valence-electron chi connectivity index (χ4n) is 2.76. The van der Waals surface area contributed by atoms with Gasteiger partial charge in [-0.2, -0.15) is 0 Å². The summed E-state index contributed by atoms with van der Waals surface area (Å²) < 4.78 is 27.3. The predicted octanol–water partition coefficient (Wildman–Crippen LogP) is 3.06. The standard InChI is InChI=1S/C15H15ClN2O2S/c1-10-8-11-4-2-3-5-14(11)18(10)21(19,20)15-7-6-12(16)9-13(15)17/h2-7,9-10H,8,17H2,1H3. The van der Waals surface area contributed by atoms with Crippen molar-refractivity contribution < 1.29 is 8.42 Å². The van der Waals surface area contributed by atoms with Gasteiger partial charge in [-0.15, -0.1) is 0 Å². The largest absolute Gasteiger partial charge is 0.398 e. The molecule has 1 heterocycles. The summed E-state index contributed by atoms with van der Waals surface area (Å²) in [6, 6.07) is 11.8. The lowest BCUT2D eigenvalue weighted by Gasteiger charge is -2.25. The number of rotatable bonds is 2. The van der Waals surface area contributed by atoms with E-state index in [4.69, 9.17) is 17.3 Å². The van der Waals surface area contributed by atoms with Gasteiger partial charge in [0.25, 0.3) is 10.0 Å². The highest BCUT2D eigenvalue weighted by Crippen LogP contribution is 2.37. The van der Waals surface area contributed by atoms with Gasteiger partial charge < -0.3 is 5.73 Å². The van der Waals surface area contributed by atoms with E-state index < -0.39 is 10.0 Å². The molecule has 0 spiro atoms. The number of sulfonamides is 1. The van der Waals surface area contributed by atoms with E-state index in [0.29, 0.717) is 11.4 Å². The number of hydrogen-bond acceptors (Lipinski definition) is 3. The lowest BCUT2D eigenvalue weighted by molar-refractivity contribution is 0.584. The van der Waals surface area contributed by atoms with Crippen molar-refractivity contribution in [3.63, 3.8) is 0 Å². The molecule has 2 aromatic carbocycles. The van der Waals surface area contributed by atoms with E-state index in [-0.39, 0.29) is 16.6 Å². The Morgan fingerprint density at radius 1 is 1.24 bits per heavy atom. The maximum Gasteiger partial charge on any atom is 0.266 e. The summed E-state index contributed by atoms with van der Waals surface area (Å²) in [5.41, 5.74) is 7.77. The van der Waals surface area contributed by atoms with Gasteiger partial charge in [-0.1, -0.05) is 29.8 Å². The fraction of sp³-hybridized carbons (Fsp3) is 0.200. The van der Waals surface area contributed by atoms with Crippen molar-refractivity contribution in [2.75, 3.05) is 10.0 Å². The molecule has 21 heavy (non-hydrogen) atoms. The zero-order valence-corrected chi connectivity index (χ0v) is 13.0. The normalized spacial score (nSPS) is 17.8. The van der Waals surface area contributed by atoms with Gasteiger partial charge in [-0.05, 0) is 43.2 Å². The molecule has 0 saturated heterocycles. The molecule has 1 aliphatic heterocycles. The summed E-state index contributed by atoms with van der Waals surface area (Å²) in [4.78, 5) is 0.0930. The fourth-order valence-corrected chi connectivity index (χ4v) is 4.74. The second-order valence-corrected chi connectivity index (χ2v) is 7.38. The van der Waals surface area contributed by atoms with Crippen LogP contribution in [0, 0.1) is 0 Å². The maximum absolute atomic E-state index is 12.9. The van der Waals surface area contributed by atoms with Gasteiger partial charge in [-0.3, -0.25) is 4.31 Å². The van der Waals surface area contributed by atoms with Crippen molar-refractivity contribution >= 4 is 33.0 Å². The van der Waals surface area contributed by atoms with Crippen LogP contribution in [0.1, 0.15) is 12.5 Å². The Labute approximate surface area is 129 Å². The lowest BCUT2D eigenvalue weighted by atomic mass is 10.1. The van der Waals surface area contributed by atoms with Crippen molar-refractivity contribution in [3.8, 4) is 0 Å². The molecule has 0 bridgehead atoms. The number of nitrogens with two attached hydrogens (primary N) is 1. The van der Waals surface area contributed by atoms with E-state index in [0.717, 1.165) is 11.3 Å². The highest BCUT2D eigenvalue weighted by Gasteiger charge is 2.36. The Bertz CT molecular complexity index is 805. The Hall–Kier alpha value is -1.72. The van der Waals surface area contributed by atoms with Gasteiger partial charge in [0.05, 0.1) is 11.4 Å². The smallest absolute Gasteiger partial charge is 0.266 e. The van der Waals surface area contributed by atoms with Crippen molar-refractivity contribution in [2.24, 2.45) is 0 Å². The Morgan fingerprint density at radius 2 is 1.95 bits per heavy atom. The average Bonchev–Trinajstić information content (AvgIpc) is 2.74. The zero-order chi connectivity index (χ0) is 15.2. The summed E-state index contributed by atoms with van der Waals surface area (Å²) in [6.45, 7) is 1.89. The number of nitrogens with zero attached hydrogens (tertiary/aromatic N) is 1. The number of nitrogen functional groups attached to an aromatic ring is 1. The van der Waals surface area contributed by atoms with Crippen LogP contribution in [0.15, 0.2) is 47.4 Å². The minimum Gasteiger partial charge on any atom is -0.398 e. The molecule has 0 radical (unpaired) electrons. The third-order valence-electron chi connectivity index (χ3n) is 3.65. The van der Waals surface area contributed by atoms with E-state index in [9.17, 15) is 8.42 Å². The first-order valence-corrected chi connectivity index (χ1v) is 8.40. The molecule has 1 atom stereocenters. The predicted molar refractivity (Wildman–Crippen MR) is 85.1 cm³/mol. The Morgan fingerprint density at radius 3 is 2.67 bits per heavy atom. The molecule has 2 N–H and O–H groups in total. The summed E-state index contributed by atoms with van der Waals surface area (Å²) in [6.07, 6.45) is 0.697. The molecule has 1 unspecified atom stereocenters. The maximum atomic E-state index is 12.9. The number of hydrogen-bond donors (Lipinski definition) is 1. The summed E-state index contributed by atoms with van der Waals surface area (Å²) in [5, 5.41) is 0.418. The average molecular weight is 323 g/mol. The molecule has 110 valence electrons. The van der Waals surface area contributed by atoms with Crippen LogP contribution in [0.3, 0.4) is 0 Å². The van der Waals surface area contributed by atoms with Crippen LogP contribution in [0.5, 0.6) is 0 Å². The second kappa shape index (κ2) is 4.93. The third-order valence-corrected chi connectivity index (χ3v) is 5.89. The first kappa shape index (κ1) is 14.2. The van der Waals surface area contributed by atoms with Gasteiger partial charge in [-0.25, -0.2) is 8.42 Å². The van der Waals surface area contributed by atoms with Crippen molar-refractivity contribution in [2.45, 2.75) is 24.3 Å². The molecule has 1 aliphatic rings. The van der Waals surface area contributed by atoms with E-state index >= 15 is 0 Å². The zero-order valence-electron chi connectivity index (χ0n) is 11.5. The third kappa shape index (κ3) is 2.26. The molecular weight excluding hydrogens is 308 g/mol. The van der Waals surface area contributed by atoms with Gasteiger partial charge >= 0.3 is 0 Å². The minimum atomic E-state index is -3.70. The highest BCUT2D eigenvalue weighted by molar-refractivity contribution is 7.93. The topological polar surface area (TPSA) is 63.4 Å². The Kier molecular flexibility index (Phi) is 3.34. The number of anilines is 2. The van der Waals surface area contributed by atoms with E-state index in [1.165, 1.54) is 22.5 Å². The van der Waals surface area contributed by atoms with Crippen LogP contribution in [0.25, 0.3) is 0 Å². The Balaban J connectivity index is 2.15. The molecular formula is C15H15ClN2O2S. The van der Waals surface area contributed by atoms with E-state index in [1.807, 2.05) is 31.2 Å². The van der Waals surface area contributed by atoms with Crippen LogP contribution in [-0.4, -0.2) is 14.5 Å². The van der Waals surface area contributed by atoms with Crippen LogP contribution in [0.2, 0.25) is 5.02 Å². The molecule has 0 aliphatic carbocycles. The summed E-state index contributed by atoms with van der Waals surface area (Å²) in [7, 11) is -3.70. The van der Waals surface area contributed by atoms with Crippen molar-refractivity contribution in [1.29, 1.82) is 0 Å². The number of halogens is 1. The van der Waals surface area contributed by atoms with Crippen molar-refractivity contribution in [1.82, 2.24) is 0 Å². The van der Waals surface area contributed by atoms with E-state index in [2.05, 4.69) is 0 Å². The molecule has 0 saturated carbocycles. The second-order valence-electron chi connectivity index (χ2n) is 5.16. The molecule has 0 aromatic heterocycles. The van der Waals surface area contributed by atoms with Crippen LogP contribution in [-0.2, 0) is 16.4 Å². The monoisotopic (exact) mass is 322 g/mol. The molecule has 2 aromatic rings. The van der Waals surface area contributed by atoms with Gasteiger partial charge in [0.15, 0.2) is 0 Å². The minimum absolute atomic E-state index is 0.0930. The molecule has 4 nitrogen and oxygen atoms in total. The highest BCUT2D eigenvalue weighted by atomic mass is 35.5. The number of fused-ring (bicyclic) bond motifs is 1. The summed E-state index contributed by atoms with van der Waals surface area (Å²) in [5.74, 6) is 0. The van der Waals surface area contributed by atoms with Crippen LogP contribution >= 0.6 is 11.6 Å². The SMILES string of the molecule is CC1Cc2ccccc2N1S(=O)(=O)c1ccc(Cl)cc1N. The lowest BCUT2D eigenvalue weighted by Crippen LogP contribution is -2.36. The van der Waals surface area contributed by atoms with Gasteiger partial charge in [0.2, 0.25) is 0 Å². The molecule has 0 amide bonds. The first-order valence-electron chi connectivity index (χ1n) is 6.58. The molecule has 0 fully saturated rings. The summed E-state index contributed by atoms with van der Waals surface area (Å²) >= 11 is 5.85. The van der Waals surface area contributed by atoms with Gasteiger partial charge in [0.1, 0.15) is 4.90 Å². The number of benzene rings is 2. The van der Waals surface area contributed by atoms with E-state index in [1.54, 1.807) is 0 Å². The van der Waals surface area contributed by atoms with Crippen LogP contribution < -0.4 is 10.0 Å². The van der Waals surface area contributed by atoms with Crippen LogP contribution in [0.4, 0.5) is 11.4 Å². The number of para-hydroxylation sites is 1. The van der Waals surface area contributed by atoms with Gasteiger partial charge in [0, 0.05) is 11.1 Å². The van der Waals surface area contributed by atoms with Crippen molar-refractivity contribution in [3.05, 3.63) is 53.1 Å². The molecule has 3 rings (SSSR count). The molecule has 6 heteroatoms.